The summed E-state index contributed by atoms with van der Waals surface area (Å²) >= 11 is 0. The summed E-state index contributed by atoms with van der Waals surface area (Å²) in [6, 6.07) is 10.1. The summed E-state index contributed by atoms with van der Waals surface area (Å²) in [5.41, 5.74) is 0.641. The molecule has 140 valence electrons. The number of benzene rings is 1. The van der Waals surface area contributed by atoms with Gasteiger partial charge in [0, 0.05) is 6.42 Å². The minimum absolute atomic E-state index is 0.0659. The van der Waals surface area contributed by atoms with Crippen LogP contribution in [-0.2, 0) is 9.53 Å². The number of rotatable bonds is 4. The molecule has 2 aliphatic carbocycles. The highest BCUT2D eigenvalue weighted by Gasteiger charge is 2.70. The first-order valence-electron chi connectivity index (χ1n) is 9.96. The van der Waals surface area contributed by atoms with Crippen molar-refractivity contribution in [3.05, 3.63) is 35.9 Å². The van der Waals surface area contributed by atoms with Crippen LogP contribution in [0, 0.1) is 17.3 Å². The van der Waals surface area contributed by atoms with E-state index in [0.29, 0.717) is 24.9 Å². The van der Waals surface area contributed by atoms with Gasteiger partial charge in [0.1, 0.15) is 6.61 Å². The molecule has 3 aliphatic rings. The van der Waals surface area contributed by atoms with E-state index in [1.54, 1.807) is 4.90 Å². The molecule has 3 fully saturated rings. The zero-order valence-corrected chi connectivity index (χ0v) is 16.0. The van der Waals surface area contributed by atoms with Gasteiger partial charge in [-0.05, 0) is 54.4 Å². The number of imide groups is 1. The largest absolute Gasteiger partial charge is 0.447 e. The van der Waals surface area contributed by atoms with Crippen molar-refractivity contribution in [1.29, 1.82) is 0 Å². The summed E-state index contributed by atoms with van der Waals surface area (Å²) in [7, 11) is 0. The lowest BCUT2D eigenvalue weighted by Gasteiger charge is -2.49. The SMILES string of the molecule is CC[C@@H](CC(=O)N1C(=O)OC[C@@]12[C@@H]1CC[C@@H](C1)C2(C)C)c1ccccc1. The molecule has 2 saturated carbocycles. The van der Waals surface area contributed by atoms with Crippen LogP contribution < -0.4 is 0 Å². The summed E-state index contributed by atoms with van der Waals surface area (Å²) in [4.78, 5) is 27.5. The molecule has 0 radical (unpaired) electrons. The molecule has 1 aromatic rings. The summed E-state index contributed by atoms with van der Waals surface area (Å²) in [6.45, 7) is 6.93. The normalized spacial score (nSPS) is 32.9. The van der Waals surface area contributed by atoms with E-state index in [4.69, 9.17) is 4.74 Å². The zero-order valence-electron chi connectivity index (χ0n) is 16.0. The van der Waals surface area contributed by atoms with Crippen molar-refractivity contribution >= 4 is 12.0 Å². The average molecular weight is 355 g/mol. The average Bonchev–Trinajstić information content (AvgIpc) is 3.30. The molecule has 1 spiro atoms. The Labute approximate surface area is 155 Å². The second-order valence-corrected chi connectivity index (χ2v) is 8.86. The van der Waals surface area contributed by atoms with Gasteiger partial charge in [-0.3, -0.25) is 4.79 Å². The number of hydrogen-bond donors (Lipinski definition) is 0. The first-order chi connectivity index (χ1) is 12.4. The van der Waals surface area contributed by atoms with E-state index in [2.05, 4.69) is 32.9 Å². The van der Waals surface area contributed by atoms with Gasteiger partial charge in [-0.2, -0.15) is 0 Å². The summed E-state index contributed by atoms with van der Waals surface area (Å²) in [5.74, 6) is 1.03. The zero-order chi connectivity index (χ0) is 18.5. The van der Waals surface area contributed by atoms with Crippen LogP contribution in [0.1, 0.15) is 64.4 Å². The van der Waals surface area contributed by atoms with Gasteiger partial charge in [-0.25, -0.2) is 9.69 Å². The molecule has 4 nitrogen and oxygen atoms in total. The van der Waals surface area contributed by atoms with Crippen molar-refractivity contribution in [2.45, 2.75) is 64.3 Å². The third-order valence-electron chi connectivity index (χ3n) is 7.68. The van der Waals surface area contributed by atoms with Crippen molar-refractivity contribution in [3.8, 4) is 0 Å². The Hall–Kier alpha value is -1.84. The number of ether oxygens (including phenoxy) is 1. The van der Waals surface area contributed by atoms with Crippen LogP contribution in [-0.4, -0.2) is 29.0 Å². The van der Waals surface area contributed by atoms with E-state index < -0.39 is 11.6 Å². The molecule has 4 heteroatoms. The summed E-state index contributed by atoms with van der Waals surface area (Å²) in [5, 5.41) is 0. The van der Waals surface area contributed by atoms with Crippen molar-refractivity contribution in [3.63, 3.8) is 0 Å². The van der Waals surface area contributed by atoms with Gasteiger partial charge < -0.3 is 4.74 Å². The molecule has 0 unspecified atom stereocenters. The van der Waals surface area contributed by atoms with E-state index in [-0.39, 0.29) is 17.2 Å². The van der Waals surface area contributed by atoms with Gasteiger partial charge in [-0.1, -0.05) is 51.1 Å². The van der Waals surface area contributed by atoms with E-state index >= 15 is 0 Å². The monoisotopic (exact) mass is 355 g/mol. The third-order valence-corrected chi connectivity index (χ3v) is 7.68. The molecule has 1 aliphatic heterocycles. The van der Waals surface area contributed by atoms with Crippen LogP contribution in [0.2, 0.25) is 0 Å². The van der Waals surface area contributed by atoms with Crippen molar-refractivity contribution in [2.75, 3.05) is 6.61 Å². The first-order valence-corrected chi connectivity index (χ1v) is 9.96. The Kier molecular flexibility index (Phi) is 4.13. The molecule has 2 amide bonds. The molecule has 1 heterocycles. The molecule has 2 bridgehead atoms. The van der Waals surface area contributed by atoms with Gasteiger partial charge in [0.2, 0.25) is 5.91 Å². The molecule has 0 N–H and O–H groups in total. The topological polar surface area (TPSA) is 46.6 Å². The van der Waals surface area contributed by atoms with Crippen molar-refractivity contribution in [1.82, 2.24) is 4.90 Å². The molecular weight excluding hydrogens is 326 g/mol. The van der Waals surface area contributed by atoms with Gasteiger partial charge >= 0.3 is 6.09 Å². The number of cyclic esters (lactones) is 1. The predicted molar refractivity (Wildman–Crippen MR) is 99.6 cm³/mol. The third kappa shape index (κ3) is 2.27. The first kappa shape index (κ1) is 17.6. The lowest BCUT2D eigenvalue weighted by Crippen LogP contribution is -2.62. The fraction of sp³-hybridized carbons (Fsp3) is 0.636. The van der Waals surface area contributed by atoms with E-state index in [0.717, 1.165) is 24.8 Å². The maximum atomic E-state index is 13.3. The number of amides is 2. The second kappa shape index (κ2) is 6.11. The van der Waals surface area contributed by atoms with E-state index in [1.807, 2.05) is 18.2 Å². The molecule has 4 atom stereocenters. The van der Waals surface area contributed by atoms with Crippen LogP contribution in [0.4, 0.5) is 4.79 Å². The Morgan fingerprint density at radius 3 is 2.54 bits per heavy atom. The number of carbonyl (C=O) groups is 2. The quantitative estimate of drug-likeness (QED) is 0.783. The minimum atomic E-state index is -0.445. The van der Waals surface area contributed by atoms with Gasteiger partial charge in [0.15, 0.2) is 0 Å². The molecule has 0 aromatic heterocycles. The Morgan fingerprint density at radius 1 is 1.23 bits per heavy atom. The fourth-order valence-corrected chi connectivity index (χ4v) is 6.04. The van der Waals surface area contributed by atoms with Crippen molar-refractivity contribution in [2.24, 2.45) is 17.3 Å². The Morgan fingerprint density at radius 2 is 1.92 bits per heavy atom. The van der Waals surface area contributed by atoms with Crippen LogP contribution in [0.5, 0.6) is 0 Å². The minimum Gasteiger partial charge on any atom is -0.447 e. The van der Waals surface area contributed by atoms with Crippen LogP contribution in [0.15, 0.2) is 30.3 Å². The van der Waals surface area contributed by atoms with Gasteiger partial charge in [-0.15, -0.1) is 0 Å². The predicted octanol–water partition coefficient (Wildman–Crippen LogP) is 4.74. The van der Waals surface area contributed by atoms with Gasteiger partial charge in [0.05, 0.1) is 5.54 Å². The highest BCUT2D eigenvalue weighted by Crippen LogP contribution is 2.65. The number of nitrogens with zero attached hydrogens (tertiary/aromatic N) is 1. The Balaban J connectivity index is 1.63. The molecule has 1 aromatic carbocycles. The molecular formula is C22H29NO3. The maximum absolute atomic E-state index is 13.3. The van der Waals surface area contributed by atoms with Gasteiger partial charge in [0.25, 0.3) is 0 Å². The van der Waals surface area contributed by atoms with Crippen molar-refractivity contribution < 1.29 is 14.3 Å². The molecule has 26 heavy (non-hydrogen) atoms. The maximum Gasteiger partial charge on any atom is 0.417 e. The van der Waals surface area contributed by atoms with Crippen LogP contribution in [0.3, 0.4) is 0 Å². The lowest BCUT2D eigenvalue weighted by molar-refractivity contribution is -0.138. The number of hydrogen-bond acceptors (Lipinski definition) is 3. The number of carbonyl (C=O) groups excluding carboxylic acids is 2. The molecule has 1 saturated heterocycles. The van der Waals surface area contributed by atoms with Crippen LogP contribution in [0.25, 0.3) is 0 Å². The highest BCUT2D eigenvalue weighted by atomic mass is 16.6. The Bertz CT molecular complexity index is 713. The lowest BCUT2D eigenvalue weighted by atomic mass is 9.63. The highest BCUT2D eigenvalue weighted by molar-refractivity contribution is 5.95. The van der Waals surface area contributed by atoms with E-state index in [1.165, 1.54) is 6.42 Å². The summed E-state index contributed by atoms with van der Waals surface area (Å²) < 4.78 is 5.50. The standard InChI is InChI=1S/C22H29NO3/c1-4-15(16-8-6-5-7-9-16)12-19(24)23-20(25)26-14-22(23)18-11-10-17(13-18)21(22,2)3/h5-9,15,17-18H,4,10-14H2,1-3H3/t15-,17-,18+,22-/m0/s1. The fourth-order valence-electron chi connectivity index (χ4n) is 6.04. The van der Waals surface area contributed by atoms with Crippen LogP contribution >= 0.6 is 0 Å². The number of fused-ring (bicyclic) bond motifs is 3. The second-order valence-electron chi connectivity index (χ2n) is 8.86. The summed E-state index contributed by atoms with van der Waals surface area (Å²) in [6.07, 6.45) is 4.23. The molecule has 4 rings (SSSR count). The van der Waals surface area contributed by atoms with E-state index in [9.17, 15) is 9.59 Å². The smallest absolute Gasteiger partial charge is 0.417 e.